The zero-order valence-electron chi connectivity index (χ0n) is 11.4. The minimum absolute atomic E-state index is 0.0920. The van der Waals surface area contributed by atoms with Gasteiger partial charge in [-0.3, -0.25) is 0 Å². The fourth-order valence-corrected chi connectivity index (χ4v) is 2.89. The zero-order chi connectivity index (χ0) is 14.8. The van der Waals surface area contributed by atoms with Crippen molar-refractivity contribution in [2.24, 2.45) is 10.9 Å². The van der Waals surface area contributed by atoms with Crippen molar-refractivity contribution in [3.8, 4) is 0 Å². The summed E-state index contributed by atoms with van der Waals surface area (Å²) in [6.07, 6.45) is 1.44. The molecule has 0 spiro atoms. The van der Waals surface area contributed by atoms with E-state index in [0.717, 1.165) is 0 Å². The Balaban J connectivity index is 3.11. The summed E-state index contributed by atoms with van der Waals surface area (Å²) in [6.45, 7) is 7.21. The zero-order valence-corrected chi connectivity index (χ0v) is 12.2. The molecule has 4 N–H and O–H groups in total. The first kappa shape index (κ1) is 15.4. The lowest BCUT2D eigenvalue weighted by atomic mass is 10.1. The second-order valence-corrected chi connectivity index (χ2v) is 6.26. The van der Waals surface area contributed by atoms with Gasteiger partial charge in [-0.1, -0.05) is 5.16 Å². The van der Waals surface area contributed by atoms with E-state index in [1.165, 1.54) is 20.0 Å². The summed E-state index contributed by atoms with van der Waals surface area (Å²) in [5.74, 6) is 0.368. The van der Waals surface area contributed by atoms with E-state index in [-0.39, 0.29) is 10.9 Å². The van der Waals surface area contributed by atoms with Crippen LogP contribution in [0.15, 0.2) is 16.4 Å². The van der Waals surface area contributed by atoms with Gasteiger partial charge in [0.2, 0.25) is 0 Å². The van der Waals surface area contributed by atoms with Crippen LogP contribution in [0.2, 0.25) is 0 Å². The van der Waals surface area contributed by atoms with Gasteiger partial charge in [0.05, 0.1) is 5.54 Å². The molecule has 0 saturated heterocycles. The molecule has 1 heterocycles. The van der Waals surface area contributed by atoms with Crippen LogP contribution < -0.4 is 10.5 Å². The average Bonchev–Trinajstić information content (AvgIpc) is 2.68. The van der Waals surface area contributed by atoms with Gasteiger partial charge in [0.1, 0.15) is 5.82 Å². The lowest BCUT2D eigenvalue weighted by Gasteiger charge is -2.23. The molecule has 0 unspecified atom stereocenters. The Kier molecular flexibility index (Phi) is 4.21. The molecular weight excluding hydrogens is 270 g/mol. The highest BCUT2D eigenvalue weighted by atomic mass is 32.2. The van der Waals surface area contributed by atoms with Gasteiger partial charge in [0, 0.05) is 12.7 Å². The molecule has 1 aromatic rings. The van der Waals surface area contributed by atoms with Gasteiger partial charge in [-0.05, 0) is 27.7 Å². The quantitative estimate of drug-likeness (QED) is 0.305. The predicted octanol–water partition coefficient (Wildman–Crippen LogP) is 0.0147. The third-order valence-corrected chi connectivity index (χ3v) is 4.23. The fraction of sp³-hybridized carbons (Fsp3) is 0.600. The maximum atomic E-state index is 12.2. The van der Waals surface area contributed by atoms with E-state index in [4.69, 9.17) is 10.9 Å². The molecule has 0 aliphatic heterocycles. The Morgan fingerprint density at radius 2 is 2.21 bits per heavy atom. The number of hydrogen-bond acceptors (Lipinski definition) is 5. The predicted molar refractivity (Wildman–Crippen MR) is 70.4 cm³/mol. The summed E-state index contributed by atoms with van der Waals surface area (Å²) in [5.41, 5.74) is 4.23. The van der Waals surface area contributed by atoms with E-state index < -0.39 is 15.6 Å². The van der Waals surface area contributed by atoms with E-state index in [2.05, 4.69) is 14.9 Å². The lowest BCUT2D eigenvalue weighted by molar-refractivity contribution is 0.312. The fourth-order valence-electron chi connectivity index (χ4n) is 1.49. The number of rotatable bonds is 5. The van der Waals surface area contributed by atoms with Crippen LogP contribution in [0, 0.1) is 6.92 Å². The summed E-state index contributed by atoms with van der Waals surface area (Å²) in [5, 5.41) is 11.4. The molecule has 19 heavy (non-hydrogen) atoms. The monoisotopic (exact) mass is 289 g/mol. The van der Waals surface area contributed by atoms with Crippen LogP contribution in [-0.2, 0) is 16.6 Å². The number of nitrogens with two attached hydrogens (primary N) is 1. The van der Waals surface area contributed by atoms with Crippen molar-refractivity contribution in [3.05, 3.63) is 12.0 Å². The molecule has 0 bridgehead atoms. The van der Waals surface area contributed by atoms with Crippen LogP contribution in [0.25, 0.3) is 0 Å². The van der Waals surface area contributed by atoms with Crippen LogP contribution >= 0.6 is 0 Å². The smallest absolute Gasteiger partial charge is 0.260 e. The SMILES string of the molecule is CCn1cc(S(=O)(=O)NC(C)(C)C(N)=NO)nc1C. The van der Waals surface area contributed by atoms with Gasteiger partial charge in [-0.25, -0.2) is 13.4 Å². The molecule has 0 saturated carbocycles. The standard InChI is InChI=1S/C10H19N5O3S/c1-5-15-6-8(12-7(15)2)19(17,18)14-10(3,4)9(11)13-16/h6,14,16H,5H2,1-4H3,(H2,11,13). The van der Waals surface area contributed by atoms with E-state index in [0.29, 0.717) is 12.4 Å². The Hall–Kier alpha value is -1.61. The molecule has 0 aliphatic rings. The first-order valence-electron chi connectivity index (χ1n) is 5.69. The number of sulfonamides is 1. The van der Waals surface area contributed by atoms with Crippen molar-refractivity contribution in [2.75, 3.05) is 0 Å². The number of hydrogen-bond donors (Lipinski definition) is 3. The molecule has 0 fully saturated rings. The van der Waals surface area contributed by atoms with E-state index in [1.807, 2.05) is 6.92 Å². The van der Waals surface area contributed by atoms with Crippen LogP contribution in [0.1, 0.15) is 26.6 Å². The number of aromatic nitrogens is 2. The van der Waals surface area contributed by atoms with Crippen molar-refractivity contribution >= 4 is 15.9 Å². The third kappa shape index (κ3) is 3.24. The minimum Gasteiger partial charge on any atom is -0.409 e. The third-order valence-electron chi connectivity index (χ3n) is 2.71. The molecule has 1 aromatic heterocycles. The number of amidine groups is 1. The Labute approximate surface area is 112 Å². The highest BCUT2D eigenvalue weighted by Crippen LogP contribution is 2.13. The molecule has 0 atom stereocenters. The molecule has 8 nitrogen and oxygen atoms in total. The molecule has 0 aromatic carbocycles. The molecule has 1 rings (SSSR count). The Morgan fingerprint density at radius 1 is 1.63 bits per heavy atom. The second kappa shape index (κ2) is 5.17. The minimum atomic E-state index is -3.84. The Bertz CT molecular complexity index is 588. The normalized spacial score (nSPS) is 13.8. The number of nitrogens with zero attached hydrogens (tertiary/aromatic N) is 3. The van der Waals surface area contributed by atoms with Crippen LogP contribution in [-0.4, -0.2) is 34.6 Å². The van der Waals surface area contributed by atoms with Crippen LogP contribution in [0.4, 0.5) is 0 Å². The molecule has 0 aliphatic carbocycles. The topological polar surface area (TPSA) is 123 Å². The number of nitrogens with one attached hydrogen (secondary N) is 1. The molecular formula is C10H19N5O3S. The lowest BCUT2D eigenvalue weighted by Crippen LogP contribution is -2.53. The first-order valence-corrected chi connectivity index (χ1v) is 7.18. The summed E-state index contributed by atoms with van der Waals surface area (Å²) < 4.78 is 28.4. The van der Waals surface area contributed by atoms with Crippen LogP contribution in [0.5, 0.6) is 0 Å². The van der Waals surface area contributed by atoms with Crippen molar-refractivity contribution in [3.63, 3.8) is 0 Å². The van der Waals surface area contributed by atoms with E-state index >= 15 is 0 Å². The Morgan fingerprint density at radius 3 is 2.63 bits per heavy atom. The highest BCUT2D eigenvalue weighted by molar-refractivity contribution is 7.89. The van der Waals surface area contributed by atoms with Gasteiger partial charge >= 0.3 is 0 Å². The first-order chi connectivity index (χ1) is 8.64. The largest absolute Gasteiger partial charge is 0.409 e. The summed E-state index contributed by atoms with van der Waals surface area (Å²) in [6, 6.07) is 0. The van der Waals surface area contributed by atoms with E-state index in [9.17, 15) is 8.42 Å². The van der Waals surface area contributed by atoms with Gasteiger partial charge < -0.3 is 15.5 Å². The second-order valence-electron chi connectivity index (χ2n) is 4.63. The summed E-state index contributed by atoms with van der Waals surface area (Å²) in [7, 11) is -3.84. The molecule has 108 valence electrons. The van der Waals surface area contributed by atoms with Gasteiger partial charge in [-0.15, -0.1) is 0 Å². The molecule has 0 radical (unpaired) electrons. The average molecular weight is 289 g/mol. The highest BCUT2D eigenvalue weighted by Gasteiger charge is 2.31. The summed E-state index contributed by atoms with van der Waals surface area (Å²) in [4.78, 5) is 3.99. The number of aryl methyl sites for hydroxylation is 2. The van der Waals surface area contributed by atoms with Gasteiger partial charge in [0.25, 0.3) is 10.0 Å². The molecule has 9 heteroatoms. The van der Waals surface area contributed by atoms with Crippen LogP contribution in [0.3, 0.4) is 0 Å². The van der Waals surface area contributed by atoms with Crippen molar-refractivity contribution < 1.29 is 13.6 Å². The van der Waals surface area contributed by atoms with E-state index in [1.54, 1.807) is 11.5 Å². The number of oxime groups is 1. The van der Waals surface area contributed by atoms with Gasteiger partial charge in [0.15, 0.2) is 10.9 Å². The maximum absolute atomic E-state index is 12.2. The van der Waals surface area contributed by atoms with Crippen molar-refractivity contribution in [2.45, 2.75) is 44.8 Å². The van der Waals surface area contributed by atoms with Crippen molar-refractivity contribution in [1.29, 1.82) is 0 Å². The van der Waals surface area contributed by atoms with Crippen molar-refractivity contribution in [1.82, 2.24) is 14.3 Å². The maximum Gasteiger partial charge on any atom is 0.260 e. The van der Waals surface area contributed by atoms with Gasteiger partial charge in [-0.2, -0.15) is 4.72 Å². The summed E-state index contributed by atoms with van der Waals surface area (Å²) >= 11 is 0. The number of imidazole rings is 1. The molecule has 0 amide bonds.